The molecule has 1 aliphatic heterocycles. The van der Waals surface area contributed by atoms with Crippen molar-refractivity contribution in [2.75, 3.05) is 38.8 Å². The second-order valence-corrected chi connectivity index (χ2v) is 5.63. The van der Waals surface area contributed by atoms with Crippen LogP contribution in [0.2, 0.25) is 0 Å². The number of ether oxygens (including phenoxy) is 2. The van der Waals surface area contributed by atoms with Crippen LogP contribution in [0.3, 0.4) is 0 Å². The zero-order valence-corrected chi connectivity index (χ0v) is 13.7. The number of nitrogens with one attached hydrogen (secondary N) is 1. The van der Waals surface area contributed by atoms with E-state index in [1.54, 1.807) is 7.11 Å². The Hall–Kier alpha value is -1.26. The highest BCUT2D eigenvalue weighted by atomic mass is 16.5. The van der Waals surface area contributed by atoms with Crippen LogP contribution in [0.1, 0.15) is 38.3 Å². The average Bonchev–Trinajstić information content (AvgIpc) is 2.54. The van der Waals surface area contributed by atoms with Crippen molar-refractivity contribution >= 4 is 5.69 Å². The molecule has 118 valence electrons. The monoisotopic (exact) mass is 292 g/mol. The number of nitrogens with zero attached hydrogens (tertiary/aromatic N) is 1. The summed E-state index contributed by atoms with van der Waals surface area (Å²) in [7, 11) is 3.93. The molecule has 1 atom stereocenters. The number of anilines is 1. The molecule has 1 aromatic rings. The first-order valence-electron chi connectivity index (χ1n) is 7.89. The van der Waals surface area contributed by atoms with Gasteiger partial charge in [0, 0.05) is 43.6 Å². The summed E-state index contributed by atoms with van der Waals surface area (Å²) >= 11 is 0. The number of hydrogen-bond donors (Lipinski definition) is 1. The fourth-order valence-corrected chi connectivity index (χ4v) is 3.13. The summed E-state index contributed by atoms with van der Waals surface area (Å²) in [6.07, 6.45) is 2.17. The van der Waals surface area contributed by atoms with Gasteiger partial charge in [-0.25, -0.2) is 0 Å². The van der Waals surface area contributed by atoms with Crippen LogP contribution in [-0.2, 0) is 4.74 Å². The molecule has 2 rings (SSSR count). The van der Waals surface area contributed by atoms with E-state index in [0.717, 1.165) is 38.3 Å². The molecule has 0 amide bonds. The fourth-order valence-electron chi connectivity index (χ4n) is 3.13. The maximum Gasteiger partial charge on any atom is 0.125 e. The predicted molar refractivity (Wildman–Crippen MR) is 87.3 cm³/mol. The van der Waals surface area contributed by atoms with Gasteiger partial charge in [-0.05, 0) is 38.4 Å². The molecular formula is C17H28N2O2. The minimum absolute atomic E-state index is 0.267. The van der Waals surface area contributed by atoms with E-state index in [-0.39, 0.29) is 6.04 Å². The smallest absolute Gasteiger partial charge is 0.125 e. The van der Waals surface area contributed by atoms with E-state index in [4.69, 9.17) is 9.47 Å². The molecule has 1 fully saturated rings. The van der Waals surface area contributed by atoms with Crippen LogP contribution in [-0.4, -0.2) is 40.0 Å². The predicted octanol–water partition coefficient (Wildman–Crippen LogP) is 2.98. The normalized spacial score (nSPS) is 17.5. The van der Waals surface area contributed by atoms with Crippen LogP contribution in [0.15, 0.2) is 18.2 Å². The highest BCUT2D eigenvalue weighted by Crippen LogP contribution is 2.35. The van der Waals surface area contributed by atoms with Gasteiger partial charge in [0.25, 0.3) is 0 Å². The lowest BCUT2D eigenvalue weighted by Gasteiger charge is -2.35. The van der Waals surface area contributed by atoms with Gasteiger partial charge < -0.3 is 19.7 Å². The van der Waals surface area contributed by atoms with Crippen LogP contribution in [0, 0.1) is 0 Å². The third-order valence-electron chi connectivity index (χ3n) is 4.32. The first-order chi connectivity index (χ1) is 10.2. The molecule has 1 heterocycles. The van der Waals surface area contributed by atoms with Gasteiger partial charge in [-0.1, -0.05) is 13.0 Å². The first-order valence-corrected chi connectivity index (χ1v) is 7.89. The minimum Gasteiger partial charge on any atom is -0.496 e. The molecule has 0 bridgehead atoms. The van der Waals surface area contributed by atoms with Crippen molar-refractivity contribution in [2.24, 2.45) is 0 Å². The molecular weight excluding hydrogens is 264 g/mol. The maximum absolute atomic E-state index is 5.60. The molecule has 1 saturated heterocycles. The lowest BCUT2D eigenvalue weighted by atomic mass is 10.0. The topological polar surface area (TPSA) is 33.7 Å². The van der Waals surface area contributed by atoms with Crippen molar-refractivity contribution in [3.05, 3.63) is 23.8 Å². The SMILES string of the molecule is CCNC(C)c1c(OC)cccc1N(C)C1CCOCC1. The summed E-state index contributed by atoms with van der Waals surface area (Å²) in [4.78, 5) is 2.40. The molecule has 1 aliphatic rings. The summed E-state index contributed by atoms with van der Waals surface area (Å²) in [5.41, 5.74) is 2.51. The fraction of sp³-hybridized carbons (Fsp3) is 0.647. The molecule has 0 aromatic heterocycles. The molecule has 0 aliphatic carbocycles. The molecule has 1 aromatic carbocycles. The van der Waals surface area contributed by atoms with Gasteiger partial charge in [-0.15, -0.1) is 0 Å². The lowest BCUT2D eigenvalue weighted by molar-refractivity contribution is 0.0854. The van der Waals surface area contributed by atoms with Crippen molar-refractivity contribution in [3.63, 3.8) is 0 Å². The Labute approximate surface area is 128 Å². The van der Waals surface area contributed by atoms with Crippen LogP contribution < -0.4 is 15.0 Å². The van der Waals surface area contributed by atoms with Crippen LogP contribution in [0.25, 0.3) is 0 Å². The van der Waals surface area contributed by atoms with Crippen molar-refractivity contribution in [1.29, 1.82) is 0 Å². The molecule has 1 unspecified atom stereocenters. The van der Waals surface area contributed by atoms with E-state index in [1.807, 2.05) is 6.07 Å². The van der Waals surface area contributed by atoms with Gasteiger partial charge in [0.05, 0.1) is 7.11 Å². The standard InChI is InChI=1S/C17H28N2O2/c1-5-18-13(2)17-15(7-6-8-16(17)20-4)19(3)14-9-11-21-12-10-14/h6-8,13-14,18H,5,9-12H2,1-4H3. The van der Waals surface area contributed by atoms with Crippen molar-refractivity contribution in [1.82, 2.24) is 5.32 Å². The Bertz CT molecular complexity index is 444. The van der Waals surface area contributed by atoms with Crippen LogP contribution >= 0.6 is 0 Å². The van der Waals surface area contributed by atoms with Gasteiger partial charge in [0.15, 0.2) is 0 Å². The van der Waals surface area contributed by atoms with E-state index in [0.29, 0.717) is 6.04 Å². The minimum atomic E-state index is 0.267. The van der Waals surface area contributed by atoms with Crippen molar-refractivity contribution in [2.45, 2.75) is 38.8 Å². The van der Waals surface area contributed by atoms with E-state index in [9.17, 15) is 0 Å². The van der Waals surface area contributed by atoms with Gasteiger partial charge in [-0.2, -0.15) is 0 Å². The van der Waals surface area contributed by atoms with Gasteiger partial charge in [0.2, 0.25) is 0 Å². The van der Waals surface area contributed by atoms with Crippen molar-refractivity contribution < 1.29 is 9.47 Å². The maximum atomic E-state index is 5.60. The highest BCUT2D eigenvalue weighted by Gasteiger charge is 2.24. The second kappa shape index (κ2) is 7.66. The number of benzene rings is 1. The van der Waals surface area contributed by atoms with Crippen LogP contribution in [0.4, 0.5) is 5.69 Å². The van der Waals surface area contributed by atoms with E-state index in [2.05, 4.69) is 43.2 Å². The molecule has 0 saturated carbocycles. The van der Waals surface area contributed by atoms with E-state index in [1.165, 1.54) is 11.3 Å². The average molecular weight is 292 g/mol. The highest BCUT2D eigenvalue weighted by molar-refractivity contribution is 5.61. The summed E-state index contributed by atoms with van der Waals surface area (Å²) in [5.74, 6) is 0.958. The van der Waals surface area contributed by atoms with E-state index < -0.39 is 0 Å². The molecule has 0 radical (unpaired) electrons. The summed E-state index contributed by atoms with van der Waals surface area (Å²) in [6, 6.07) is 7.12. The Morgan fingerprint density at radius 2 is 2.10 bits per heavy atom. The molecule has 0 spiro atoms. The third-order valence-corrected chi connectivity index (χ3v) is 4.32. The zero-order valence-electron chi connectivity index (χ0n) is 13.7. The van der Waals surface area contributed by atoms with Crippen LogP contribution in [0.5, 0.6) is 5.75 Å². The quantitative estimate of drug-likeness (QED) is 0.874. The zero-order chi connectivity index (χ0) is 15.2. The Balaban J connectivity index is 2.32. The molecule has 4 heteroatoms. The lowest BCUT2D eigenvalue weighted by Crippen LogP contribution is -2.37. The molecule has 1 N–H and O–H groups in total. The van der Waals surface area contributed by atoms with Gasteiger partial charge in [0.1, 0.15) is 5.75 Å². The summed E-state index contributed by atoms with van der Waals surface area (Å²) in [5, 5.41) is 3.50. The largest absolute Gasteiger partial charge is 0.496 e. The van der Waals surface area contributed by atoms with Crippen molar-refractivity contribution in [3.8, 4) is 5.75 Å². The molecule has 21 heavy (non-hydrogen) atoms. The summed E-state index contributed by atoms with van der Waals surface area (Å²) in [6.45, 7) is 6.99. The van der Waals surface area contributed by atoms with E-state index >= 15 is 0 Å². The first kappa shape index (κ1) is 16.1. The van der Waals surface area contributed by atoms with Gasteiger partial charge in [-0.3, -0.25) is 0 Å². The summed E-state index contributed by atoms with van der Waals surface area (Å²) < 4.78 is 11.1. The Morgan fingerprint density at radius 3 is 2.71 bits per heavy atom. The van der Waals surface area contributed by atoms with Gasteiger partial charge >= 0.3 is 0 Å². The number of rotatable bonds is 6. The Kier molecular flexibility index (Phi) is 5.88. The second-order valence-electron chi connectivity index (χ2n) is 5.63. The number of hydrogen-bond acceptors (Lipinski definition) is 4. The third kappa shape index (κ3) is 3.69. The number of methoxy groups -OCH3 is 1. The Morgan fingerprint density at radius 1 is 1.38 bits per heavy atom. The molecule has 4 nitrogen and oxygen atoms in total.